The van der Waals surface area contributed by atoms with Crippen molar-refractivity contribution in [3.05, 3.63) is 52.8 Å². The summed E-state index contributed by atoms with van der Waals surface area (Å²) in [5.74, 6) is 2.02. The summed E-state index contributed by atoms with van der Waals surface area (Å²) < 4.78 is 5.56. The number of rotatable bonds is 5. The van der Waals surface area contributed by atoms with E-state index in [0.717, 1.165) is 54.9 Å². The van der Waals surface area contributed by atoms with Crippen LogP contribution in [0.3, 0.4) is 0 Å². The Morgan fingerprint density at radius 1 is 1.24 bits per heavy atom. The molecule has 0 fully saturated rings. The molecule has 3 rings (SSSR count). The Morgan fingerprint density at radius 3 is 3.00 bits per heavy atom. The van der Waals surface area contributed by atoms with Gasteiger partial charge in [-0.15, -0.1) is 0 Å². The molecule has 0 unspecified atom stereocenters. The van der Waals surface area contributed by atoms with Crippen molar-refractivity contribution in [1.82, 2.24) is 4.98 Å². The third kappa shape index (κ3) is 3.16. The number of hydrogen-bond acceptors (Lipinski definition) is 4. The number of thiol groups is 1. The molecule has 1 aromatic carbocycles. The Balaban J connectivity index is 1.66. The molecule has 1 aliphatic rings. The van der Waals surface area contributed by atoms with E-state index in [4.69, 9.17) is 4.74 Å². The van der Waals surface area contributed by atoms with Crippen LogP contribution < -0.4 is 4.74 Å². The maximum atomic E-state index is 10.1. The Bertz CT molecular complexity index is 643. The smallest absolute Gasteiger partial charge is 0.123 e. The van der Waals surface area contributed by atoms with E-state index < -0.39 is 0 Å². The lowest BCUT2D eigenvalue weighted by Crippen LogP contribution is -1.98. The van der Waals surface area contributed by atoms with Gasteiger partial charge in [0.1, 0.15) is 11.5 Å². The van der Waals surface area contributed by atoms with E-state index in [0.29, 0.717) is 11.5 Å². The van der Waals surface area contributed by atoms with Crippen LogP contribution in [0.2, 0.25) is 0 Å². The fourth-order valence-corrected chi connectivity index (χ4v) is 3.03. The first-order valence-corrected chi connectivity index (χ1v) is 7.92. The molecule has 0 atom stereocenters. The van der Waals surface area contributed by atoms with E-state index in [9.17, 15) is 5.11 Å². The lowest BCUT2D eigenvalue weighted by Gasteiger charge is -2.09. The van der Waals surface area contributed by atoms with Gasteiger partial charge in [0, 0.05) is 29.6 Å². The van der Waals surface area contributed by atoms with Crippen LogP contribution in [0.15, 0.2) is 30.5 Å². The molecule has 0 aliphatic carbocycles. The molecule has 0 spiro atoms. The molecule has 0 amide bonds. The topological polar surface area (TPSA) is 42.4 Å². The van der Waals surface area contributed by atoms with E-state index in [1.54, 1.807) is 0 Å². The number of fused-ring (bicyclic) bond motifs is 1. The molecule has 2 heterocycles. The Kier molecular flexibility index (Phi) is 4.34. The van der Waals surface area contributed by atoms with Gasteiger partial charge in [0.15, 0.2) is 0 Å². The Labute approximate surface area is 130 Å². The summed E-state index contributed by atoms with van der Waals surface area (Å²) in [5.41, 5.74) is 4.35. The number of aryl methyl sites for hydroxylation is 2. The second-order valence-electron chi connectivity index (χ2n) is 5.31. The number of aromatic hydroxyl groups is 1. The summed E-state index contributed by atoms with van der Waals surface area (Å²) in [6.45, 7) is 0.720. The van der Waals surface area contributed by atoms with Crippen molar-refractivity contribution in [2.45, 2.75) is 31.4 Å². The number of phenols is 1. The molecule has 0 saturated heterocycles. The van der Waals surface area contributed by atoms with Gasteiger partial charge in [-0.25, -0.2) is 0 Å². The number of phenolic OH excluding ortho intramolecular Hbond substituents is 1. The highest BCUT2D eigenvalue weighted by atomic mass is 32.1. The molecule has 3 nitrogen and oxygen atoms in total. The molecule has 1 N–H and O–H groups in total. The Morgan fingerprint density at radius 2 is 2.14 bits per heavy atom. The average molecular weight is 301 g/mol. The van der Waals surface area contributed by atoms with Gasteiger partial charge in [-0.3, -0.25) is 4.98 Å². The summed E-state index contributed by atoms with van der Waals surface area (Å²) in [7, 11) is 0. The fourth-order valence-electron chi connectivity index (χ4n) is 2.74. The normalized spacial score (nSPS) is 13.0. The highest BCUT2D eigenvalue weighted by Gasteiger charge is 2.15. The maximum Gasteiger partial charge on any atom is 0.123 e. The summed E-state index contributed by atoms with van der Waals surface area (Å²) in [6, 6.07) is 7.84. The summed E-state index contributed by atoms with van der Waals surface area (Å²) >= 11 is 4.34. The minimum absolute atomic E-state index is 0.384. The minimum atomic E-state index is 0.384. The average Bonchev–Trinajstić information content (AvgIpc) is 2.95. The number of aromatic nitrogens is 1. The van der Waals surface area contributed by atoms with Crippen LogP contribution in [0.1, 0.15) is 28.8 Å². The zero-order valence-electron chi connectivity index (χ0n) is 11.9. The fraction of sp³-hybridized carbons (Fsp3) is 0.353. The summed E-state index contributed by atoms with van der Waals surface area (Å²) in [5, 5.41) is 10.1. The first-order valence-electron chi connectivity index (χ1n) is 7.29. The standard InChI is InChI=1S/C17H19NO2S/c19-16-9-13-6-8-20-17(13)10-12(16)3-1-5-15-14(11-21)4-2-7-18-15/h2,4,7,9-10,19,21H,1,3,5-6,8,11H2. The second kappa shape index (κ2) is 6.39. The zero-order valence-corrected chi connectivity index (χ0v) is 12.8. The van der Waals surface area contributed by atoms with Gasteiger partial charge in [0.25, 0.3) is 0 Å². The van der Waals surface area contributed by atoms with Crippen molar-refractivity contribution in [1.29, 1.82) is 0 Å². The van der Waals surface area contributed by atoms with E-state index in [2.05, 4.69) is 23.7 Å². The number of benzene rings is 1. The van der Waals surface area contributed by atoms with Gasteiger partial charge in [0.2, 0.25) is 0 Å². The maximum absolute atomic E-state index is 10.1. The van der Waals surface area contributed by atoms with E-state index >= 15 is 0 Å². The molecule has 110 valence electrons. The van der Waals surface area contributed by atoms with Crippen LogP contribution in [-0.4, -0.2) is 16.7 Å². The molecule has 0 bridgehead atoms. The molecule has 0 radical (unpaired) electrons. The molecular weight excluding hydrogens is 282 g/mol. The summed E-state index contributed by atoms with van der Waals surface area (Å²) in [4.78, 5) is 4.42. The van der Waals surface area contributed by atoms with Crippen LogP contribution in [0.25, 0.3) is 0 Å². The van der Waals surface area contributed by atoms with Gasteiger partial charge >= 0.3 is 0 Å². The SMILES string of the molecule is Oc1cc2c(cc1CCCc1ncccc1CS)OCC2. The lowest BCUT2D eigenvalue weighted by atomic mass is 10.0. The number of hydrogen-bond donors (Lipinski definition) is 2. The minimum Gasteiger partial charge on any atom is -0.508 e. The van der Waals surface area contributed by atoms with Crippen molar-refractivity contribution >= 4 is 12.6 Å². The van der Waals surface area contributed by atoms with Gasteiger partial charge in [-0.05, 0) is 48.6 Å². The monoisotopic (exact) mass is 301 g/mol. The third-order valence-corrected chi connectivity index (χ3v) is 4.25. The van der Waals surface area contributed by atoms with Gasteiger partial charge < -0.3 is 9.84 Å². The predicted molar refractivity (Wildman–Crippen MR) is 86.3 cm³/mol. The van der Waals surface area contributed by atoms with Crippen LogP contribution in [-0.2, 0) is 25.0 Å². The van der Waals surface area contributed by atoms with Crippen LogP contribution in [0.4, 0.5) is 0 Å². The number of ether oxygens (including phenoxy) is 1. The largest absolute Gasteiger partial charge is 0.508 e. The molecule has 2 aromatic rings. The van der Waals surface area contributed by atoms with Crippen LogP contribution in [0.5, 0.6) is 11.5 Å². The van der Waals surface area contributed by atoms with E-state index in [1.165, 1.54) is 5.56 Å². The van der Waals surface area contributed by atoms with Crippen molar-refractivity contribution in [2.24, 2.45) is 0 Å². The molecule has 21 heavy (non-hydrogen) atoms. The zero-order chi connectivity index (χ0) is 14.7. The van der Waals surface area contributed by atoms with Gasteiger partial charge in [-0.1, -0.05) is 6.07 Å². The first kappa shape index (κ1) is 14.3. The number of nitrogens with zero attached hydrogens (tertiary/aromatic N) is 1. The van der Waals surface area contributed by atoms with E-state index in [-0.39, 0.29) is 0 Å². The first-order chi connectivity index (χ1) is 10.3. The predicted octanol–water partition coefficient (Wildman–Crippen LogP) is 3.33. The Hall–Kier alpha value is -1.68. The highest BCUT2D eigenvalue weighted by molar-refractivity contribution is 7.79. The molecule has 4 heteroatoms. The molecule has 1 aliphatic heterocycles. The molecule has 0 saturated carbocycles. The van der Waals surface area contributed by atoms with E-state index in [1.807, 2.05) is 24.4 Å². The highest BCUT2D eigenvalue weighted by Crippen LogP contribution is 2.32. The summed E-state index contributed by atoms with van der Waals surface area (Å²) in [6.07, 6.45) is 5.38. The second-order valence-corrected chi connectivity index (χ2v) is 5.62. The van der Waals surface area contributed by atoms with Crippen molar-refractivity contribution in [3.8, 4) is 11.5 Å². The van der Waals surface area contributed by atoms with Crippen molar-refractivity contribution < 1.29 is 9.84 Å². The van der Waals surface area contributed by atoms with Crippen LogP contribution >= 0.6 is 12.6 Å². The lowest BCUT2D eigenvalue weighted by molar-refractivity contribution is 0.356. The van der Waals surface area contributed by atoms with Crippen LogP contribution in [0, 0.1) is 0 Å². The molecule has 1 aromatic heterocycles. The van der Waals surface area contributed by atoms with Crippen molar-refractivity contribution in [2.75, 3.05) is 6.61 Å². The van der Waals surface area contributed by atoms with Gasteiger partial charge in [-0.2, -0.15) is 12.6 Å². The van der Waals surface area contributed by atoms with Gasteiger partial charge in [0.05, 0.1) is 6.61 Å². The van der Waals surface area contributed by atoms with Crippen molar-refractivity contribution in [3.63, 3.8) is 0 Å². The number of pyridine rings is 1. The third-order valence-electron chi connectivity index (χ3n) is 3.91. The quantitative estimate of drug-likeness (QED) is 0.833. The molecular formula is C17H19NO2S.